The van der Waals surface area contributed by atoms with Gasteiger partial charge in [-0.3, -0.25) is 4.79 Å². The van der Waals surface area contributed by atoms with Gasteiger partial charge in [0.1, 0.15) is 11.2 Å². The highest BCUT2D eigenvalue weighted by molar-refractivity contribution is 7.18. The van der Waals surface area contributed by atoms with Crippen LogP contribution in [0.3, 0.4) is 0 Å². The minimum atomic E-state index is -0.171. The average Bonchev–Trinajstić information content (AvgIpc) is 3.06. The van der Waals surface area contributed by atoms with Crippen LogP contribution in [0.25, 0.3) is 10.2 Å². The highest BCUT2D eigenvalue weighted by Gasteiger charge is 2.08. The Hall–Kier alpha value is -2.67. The fraction of sp³-hybridized carbons (Fsp3) is 0.278. The van der Waals surface area contributed by atoms with E-state index in [-0.39, 0.29) is 5.56 Å². The summed E-state index contributed by atoms with van der Waals surface area (Å²) in [6.07, 6.45) is 3.93. The normalized spacial score (nSPS) is 11.3. The molecule has 0 fully saturated rings. The SMILES string of the molecule is CCOc1ccc(/C=N\n2cnc3sc(CC)cc3c2=O)cc1OC. The van der Waals surface area contributed by atoms with Crippen LogP contribution in [0.15, 0.2) is 40.5 Å². The van der Waals surface area contributed by atoms with E-state index in [1.807, 2.05) is 31.2 Å². The van der Waals surface area contributed by atoms with Crippen LogP contribution in [0, 0.1) is 0 Å². The van der Waals surface area contributed by atoms with Crippen molar-refractivity contribution < 1.29 is 9.47 Å². The van der Waals surface area contributed by atoms with Gasteiger partial charge in [0.2, 0.25) is 0 Å². The molecule has 130 valence electrons. The fourth-order valence-electron chi connectivity index (χ4n) is 2.39. The van der Waals surface area contributed by atoms with E-state index in [2.05, 4.69) is 17.0 Å². The van der Waals surface area contributed by atoms with E-state index in [1.54, 1.807) is 13.3 Å². The first-order valence-electron chi connectivity index (χ1n) is 8.01. The zero-order chi connectivity index (χ0) is 17.8. The van der Waals surface area contributed by atoms with E-state index in [4.69, 9.17) is 9.47 Å². The third-order valence-electron chi connectivity index (χ3n) is 3.65. The Morgan fingerprint density at radius 2 is 2.12 bits per heavy atom. The molecule has 0 saturated carbocycles. The van der Waals surface area contributed by atoms with Crippen LogP contribution in [0.4, 0.5) is 0 Å². The molecule has 0 amide bonds. The molecule has 0 aliphatic rings. The second kappa shape index (κ2) is 7.48. The molecule has 7 heteroatoms. The van der Waals surface area contributed by atoms with E-state index < -0.39 is 0 Å². The third kappa shape index (κ3) is 3.56. The predicted molar refractivity (Wildman–Crippen MR) is 100 cm³/mol. The van der Waals surface area contributed by atoms with E-state index in [1.165, 1.54) is 22.3 Å². The molecule has 0 N–H and O–H groups in total. The van der Waals surface area contributed by atoms with E-state index in [0.29, 0.717) is 23.5 Å². The van der Waals surface area contributed by atoms with Crippen LogP contribution >= 0.6 is 11.3 Å². The summed E-state index contributed by atoms with van der Waals surface area (Å²) in [5, 5.41) is 4.84. The van der Waals surface area contributed by atoms with E-state index in [0.717, 1.165) is 21.7 Å². The van der Waals surface area contributed by atoms with Gasteiger partial charge in [0.15, 0.2) is 11.5 Å². The summed E-state index contributed by atoms with van der Waals surface area (Å²) >= 11 is 1.54. The maximum Gasteiger partial charge on any atom is 0.282 e. The van der Waals surface area contributed by atoms with Crippen molar-refractivity contribution in [2.75, 3.05) is 13.7 Å². The Bertz CT molecular complexity index is 975. The van der Waals surface area contributed by atoms with Gasteiger partial charge < -0.3 is 9.47 Å². The fourth-order valence-corrected chi connectivity index (χ4v) is 3.31. The Balaban J connectivity index is 1.92. The number of ether oxygens (including phenoxy) is 2. The molecule has 1 aromatic carbocycles. The molecule has 0 atom stereocenters. The number of rotatable bonds is 6. The molecule has 3 rings (SSSR count). The molecular weight excluding hydrogens is 338 g/mol. The van der Waals surface area contributed by atoms with Gasteiger partial charge in [0.25, 0.3) is 5.56 Å². The average molecular weight is 357 g/mol. The first kappa shape index (κ1) is 17.2. The minimum Gasteiger partial charge on any atom is -0.493 e. The van der Waals surface area contributed by atoms with Crippen molar-refractivity contribution in [2.24, 2.45) is 5.10 Å². The highest BCUT2D eigenvalue weighted by atomic mass is 32.1. The Morgan fingerprint density at radius 3 is 2.84 bits per heavy atom. The van der Waals surface area contributed by atoms with Crippen molar-refractivity contribution in [3.05, 3.63) is 51.4 Å². The van der Waals surface area contributed by atoms with Gasteiger partial charge in [-0.15, -0.1) is 11.3 Å². The Morgan fingerprint density at radius 1 is 1.28 bits per heavy atom. The Kier molecular flexibility index (Phi) is 5.14. The quantitative estimate of drug-likeness (QED) is 0.635. The molecule has 0 radical (unpaired) electrons. The Labute approximate surface area is 149 Å². The molecular formula is C18H19N3O3S. The summed E-state index contributed by atoms with van der Waals surface area (Å²) < 4.78 is 12.1. The molecule has 2 aromatic heterocycles. The number of aromatic nitrogens is 2. The number of hydrogen-bond acceptors (Lipinski definition) is 6. The van der Waals surface area contributed by atoms with Crippen molar-refractivity contribution in [1.29, 1.82) is 0 Å². The second-order valence-electron chi connectivity index (χ2n) is 5.27. The standard InChI is InChI=1S/C18H19N3O3S/c1-4-13-9-14-17(25-13)19-11-21(18(14)22)20-10-12-6-7-15(24-5-2)16(8-12)23-3/h6-11H,4-5H2,1-3H3/b20-10-. The zero-order valence-corrected chi connectivity index (χ0v) is 15.2. The molecule has 6 nitrogen and oxygen atoms in total. The molecule has 25 heavy (non-hydrogen) atoms. The van der Waals surface area contributed by atoms with Gasteiger partial charge in [-0.2, -0.15) is 9.78 Å². The summed E-state index contributed by atoms with van der Waals surface area (Å²) in [5.41, 5.74) is 0.627. The lowest BCUT2D eigenvalue weighted by Gasteiger charge is -2.09. The van der Waals surface area contributed by atoms with Crippen LogP contribution in [0.1, 0.15) is 24.3 Å². The lowest BCUT2D eigenvalue weighted by molar-refractivity contribution is 0.311. The van der Waals surface area contributed by atoms with Gasteiger partial charge in [0.05, 0.1) is 25.3 Å². The second-order valence-corrected chi connectivity index (χ2v) is 6.38. The molecule has 0 aliphatic heterocycles. The predicted octanol–water partition coefficient (Wildman–Crippen LogP) is 3.31. The van der Waals surface area contributed by atoms with Gasteiger partial charge in [0, 0.05) is 4.88 Å². The van der Waals surface area contributed by atoms with Gasteiger partial charge in [-0.05, 0) is 43.2 Å². The first-order chi connectivity index (χ1) is 12.2. The lowest BCUT2D eigenvalue weighted by atomic mass is 10.2. The highest BCUT2D eigenvalue weighted by Crippen LogP contribution is 2.27. The van der Waals surface area contributed by atoms with Crippen molar-refractivity contribution in [3.63, 3.8) is 0 Å². The summed E-state index contributed by atoms with van der Waals surface area (Å²) in [4.78, 5) is 18.7. The molecule has 0 spiro atoms. The van der Waals surface area contributed by atoms with Crippen molar-refractivity contribution in [2.45, 2.75) is 20.3 Å². The van der Waals surface area contributed by atoms with E-state index in [9.17, 15) is 4.79 Å². The van der Waals surface area contributed by atoms with Gasteiger partial charge in [-0.1, -0.05) is 6.92 Å². The van der Waals surface area contributed by atoms with Crippen LogP contribution in [0.2, 0.25) is 0 Å². The lowest BCUT2D eigenvalue weighted by Crippen LogP contribution is -2.16. The smallest absolute Gasteiger partial charge is 0.282 e. The number of nitrogens with zero attached hydrogens (tertiary/aromatic N) is 3. The number of methoxy groups -OCH3 is 1. The van der Waals surface area contributed by atoms with Crippen LogP contribution in [0.5, 0.6) is 11.5 Å². The van der Waals surface area contributed by atoms with Gasteiger partial charge in [-0.25, -0.2) is 4.98 Å². The maximum absolute atomic E-state index is 12.5. The number of hydrogen-bond donors (Lipinski definition) is 0. The van der Waals surface area contributed by atoms with Gasteiger partial charge >= 0.3 is 0 Å². The topological polar surface area (TPSA) is 65.7 Å². The largest absolute Gasteiger partial charge is 0.493 e. The minimum absolute atomic E-state index is 0.171. The molecule has 0 saturated heterocycles. The summed E-state index contributed by atoms with van der Waals surface area (Å²) in [6, 6.07) is 7.38. The van der Waals surface area contributed by atoms with Crippen molar-refractivity contribution in [3.8, 4) is 11.5 Å². The van der Waals surface area contributed by atoms with Crippen LogP contribution in [-0.4, -0.2) is 29.6 Å². The number of aryl methyl sites for hydroxylation is 1. The summed E-state index contributed by atoms with van der Waals surface area (Å²) in [6.45, 7) is 4.53. The molecule has 2 heterocycles. The monoisotopic (exact) mass is 357 g/mol. The third-order valence-corrected chi connectivity index (χ3v) is 4.84. The van der Waals surface area contributed by atoms with Crippen LogP contribution < -0.4 is 15.0 Å². The maximum atomic E-state index is 12.5. The number of fused-ring (bicyclic) bond motifs is 1. The molecule has 0 unspecified atom stereocenters. The summed E-state index contributed by atoms with van der Waals surface area (Å²) in [5.74, 6) is 1.30. The number of thiophene rings is 1. The van der Waals surface area contributed by atoms with E-state index >= 15 is 0 Å². The molecule has 0 bridgehead atoms. The molecule has 0 aliphatic carbocycles. The zero-order valence-electron chi connectivity index (χ0n) is 14.4. The summed E-state index contributed by atoms with van der Waals surface area (Å²) in [7, 11) is 1.59. The number of benzene rings is 1. The van der Waals surface area contributed by atoms with Crippen LogP contribution in [-0.2, 0) is 6.42 Å². The molecule has 3 aromatic rings. The first-order valence-corrected chi connectivity index (χ1v) is 8.83. The van der Waals surface area contributed by atoms with Crippen molar-refractivity contribution >= 4 is 27.8 Å². The van der Waals surface area contributed by atoms with Crippen molar-refractivity contribution in [1.82, 2.24) is 9.66 Å².